The Morgan fingerprint density at radius 2 is 1.87 bits per heavy atom. The fourth-order valence-corrected chi connectivity index (χ4v) is 3.27. The molecule has 0 aromatic rings. The van der Waals surface area contributed by atoms with Gasteiger partial charge in [0, 0.05) is 29.5 Å². The molecule has 0 aromatic carbocycles. The number of halogens is 1. The van der Waals surface area contributed by atoms with E-state index in [-0.39, 0.29) is 5.91 Å². The van der Waals surface area contributed by atoms with E-state index in [1.807, 2.05) is 30.5 Å². The van der Waals surface area contributed by atoms with Gasteiger partial charge in [0.2, 0.25) is 5.91 Å². The van der Waals surface area contributed by atoms with Crippen molar-refractivity contribution in [2.24, 2.45) is 5.41 Å². The molecule has 0 N–H and O–H groups in total. The molecular weight excluding hydrogens is 230 g/mol. The highest BCUT2D eigenvalue weighted by atomic mass is 35.5. The van der Waals surface area contributed by atoms with Crippen LogP contribution in [0.4, 0.5) is 0 Å². The van der Waals surface area contributed by atoms with E-state index >= 15 is 0 Å². The minimum atomic E-state index is -0.428. The van der Waals surface area contributed by atoms with Crippen LogP contribution in [0.25, 0.3) is 0 Å². The maximum absolute atomic E-state index is 12.2. The average Bonchev–Trinajstić information content (AvgIpc) is 2.15. The van der Waals surface area contributed by atoms with Crippen molar-refractivity contribution in [3.05, 3.63) is 0 Å². The zero-order valence-corrected chi connectivity index (χ0v) is 11.5. The third-order valence-electron chi connectivity index (χ3n) is 2.62. The van der Waals surface area contributed by atoms with Crippen molar-refractivity contribution in [1.29, 1.82) is 0 Å². The number of amides is 1. The Morgan fingerprint density at radius 1 is 1.40 bits per heavy atom. The second kappa shape index (κ2) is 4.96. The maximum Gasteiger partial charge on any atom is 0.229 e. The first kappa shape index (κ1) is 13.2. The molecule has 0 bridgehead atoms. The van der Waals surface area contributed by atoms with Crippen LogP contribution in [-0.2, 0) is 4.79 Å². The predicted molar refractivity (Wildman–Crippen MR) is 67.6 cm³/mol. The molecule has 2 unspecified atom stereocenters. The molecular formula is C11H20ClNOS. The smallest absolute Gasteiger partial charge is 0.229 e. The highest BCUT2D eigenvalue weighted by molar-refractivity contribution is 8.00. The molecule has 15 heavy (non-hydrogen) atoms. The zero-order valence-electron chi connectivity index (χ0n) is 9.92. The number of hydrogen-bond donors (Lipinski definition) is 0. The number of rotatable bonds is 2. The van der Waals surface area contributed by atoms with Crippen molar-refractivity contribution >= 4 is 29.3 Å². The minimum absolute atomic E-state index is 0.191. The van der Waals surface area contributed by atoms with Crippen LogP contribution < -0.4 is 0 Å². The molecule has 1 fully saturated rings. The third-order valence-corrected chi connectivity index (χ3v) is 4.52. The number of alkyl halides is 1. The van der Waals surface area contributed by atoms with E-state index in [2.05, 4.69) is 13.8 Å². The van der Waals surface area contributed by atoms with E-state index in [1.165, 1.54) is 0 Å². The van der Waals surface area contributed by atoms with Crippen LogP contribution in [0.15, 0.2) is 0 Å². The fourth-order valence-electron chi connectivity index (χ4n) is 1.83. The first-order chi connectivity index (χ1) is 6.86. The lowest BCUT2D eigenvalue weighted by atomic mass is 9.94. The van der Waals surface area contributed by atoms with Crippen molar-refractivity contribution in [3.63, 3.8) is 0 Å². The van der Waals surface area contributed by atoms with Gasteiger partial charge in [-0.15, -0.1) is 11.6 Å². The van der Waals surface area contributed by atoms with Crippen molar-refractivity contribution in [3.8, 4) is 0 Å². The molecule has 1 rings (SSSR count). The van der Waals surface area contributed by atoms with Gasteiger partial charge in [-0.2, -0.15) is 11.8 Å². The van der Waals surface area contributed by atoms with E-state index in [4.69, 9.17) is 11.6 Å². The minimum Gasteiger partial charge on any atom is -0.340 e. The zero-order chi connectivity index (χ0) is 11.6. The molecule has 4 heteroatoms. The molecule has 0 saturated carbocycles. The van der Waals surface area contributed by atoms with Crippen LogP contribution in [0.5, 0.6) is 0 Å². The van der Waals surface area contributed by atoms with Crippen molar-refractivity contribution in [2.45, 2.75) is 38.2 Å². The summed E-state index contributed by atoms with van der Waals surface area (Å²) in [5.74, 6) is 0.578. The molecule has 2 nitrogen and oxygen atoms in total. The van der Waals surface area contributed by atoms with Gasteiger partial charge in [-0.05, 0) is 13.8 Å². The van der Waals surface area contributed by atoms with Crippen LogP contribution >= 0.6 is 23.4 Å². The Hall–Kier alpha value is 0.110. The summed E-state index contributed by atoms with van der Waals surface area (Å²) >= 11 is 7.78. The average molecular weight is 250 g/mol. The first-order valence-electron chi connectivity index (χ1n) is 5.37. The SMILES string of the molecule is CC1CN(C(=O)C(C)(C)CCl)CC(C)S1. The Morgan fingerprint density at radius 3 is 2.27 bits per heavy atom. The number of carbonyl (C=O) groups excluding carboxylic acids is 1. The van der Waals surface area contributed by atoms with Gasteiger partial charge in [0.1, 0.15) is 0 Å². The summed E-state index contributed by atoms with van der Waals surface area (Å²) in [6.45, 7) is 9.89. The Labute approximate surface area is 102 Å². The number of hydrogen-bond acceptors (Lipinski definition) is 2. The van der Waals surface area contributed by atoms with Gasteiger partial charge in [-0.25, -0.2) is 0 Å². The van der Waals surface area contributed by atoms with Crippen molar-refractivity contribution in [1.82, 2.24) is 4.90 Å². The van der Waals surface area contributed by atoms with Gasteiger partial charge in [-0.3, -0.25) is 4.79 Å². The highest BCUT2D eigenvalue weighted by Gasteiger charge is 2.34. The van der Waals surface area contributed by atoms with Crippen LogP contribution in [0.3, 0.4) is 0 Å². The lowest BCUT2D eigenvalue weighted by Gasteiger charge is -2.38. The molecule has 1 saturated heterocycles. The maximum atomic E-state index is 12.2. The summed E-state index contributed by atoms with van der Waals surface area (Å²) in [7, 11) is 0. The molecule has 0 aliphatic carbocycles. The molecule has 1 amide bonds. The quantitative estimate of drug-likeness (QED) is 0.702. The van der Waals surface area contributed by atoms with E-state index in [9.17, 15) is 4.79 Å². The Balaban J connectivity index is 2.67. The van der Waals surface area contributed by atoms with E-state index in [0.717, 1.165) is 13.1 Å². The first-order valence-corrected chi connectivity index (χ1v) is 6.85. The third kappa shape index (κ3) is 3.28. The molecule has 0 radical (unpaired) electrons. The number of nitrogens with zero attached hydrogens (tertiary/aromatic N) is 1. The lowest BCUT2D eigenvalue weighted by molar-refractivity contribution is -0.139. The van der Waals surface area contributed by atoms with Crippen LogP contribution in [0.1, 0.15) is 27.7 Å². The van der Waals surface area contributed by atoms with Gasteiger partial charge in [0.25, 0.3) is 0 Å². The molecule has 1 heterocycles. The summed E-state index contributed by atoms with van der Waals surface area (Å²) in [6, 6.07) is 0. The summed E-state index contributed by atoms with van der Waals surface area (Å²) in [5, 5.41) is 1.06. The number of thioether (sulfide) groups is 1. The van der Waals surface area contributed by atoms with Crippen molar-refractivity contribution < 1.29 is 4.79 Å². The van der Waals surface area contributed by atoms with Crippen LogP contribution in [0, 0.1) is 5.41 Å². The van der Waals surface area contributed by atoms with Gasteiger partial charge in [0.15, 0.2) is 0 Å². The predicted octanol–water partition coefficient (Wildman–Crippen LogP) is 2.60. The summed E-state index contributed by atoms with van der Waals surface area (Å²) in [4.78, 5) is 14.1. The normalized spacial score (nSPS) is 27.9. The molecule has 1 aliphatic heterocycles. The van der Waals surface area contributed by atoms with Gasteiger partial charge in [0.05, 0.1) is 5.41 Å². The largest absolute Gasteiger partial charge is 0.340 e. The molecule has 0 spiro atoms. The summed E-state index contributed by atoms with van der Waals surface area (Å²) in [6.07, 6.45) is 0. The highest BCUT2D eigenvalue weighted by Crippen LogP contribution is 2.28. The Bertz CT molecular complexity index is 235. The monoisotopic (exact) mass is 249 g/mol. The fraction of sp³-hybridized carbons (Fsp3) is 0.909. The van der Waals surface area contributed by atoms with Gasteiger partial charge in [-0.1, -0.05) is 13.8 Å². The Kier molecular flexibility index (Phi) is 4.36. The molecule has 2 atom stereocenters. The lowest BCUT2D eigenvalue weighted by Crippen LogP contribution is -2.49. The molecule has 88 valence electrons. The van der Waals surface area contributed by atoms with E-state index < -0.39 is 5.41 Å². The van der Waals surface area contributed by atoms with E-state index in [1.54, 1.807) is 0 Å². The molecule has 1 aliphatic rings. The standard InChI is InChI=1S/C11H20ClNOS/c1-8-5-13(6-9(2)15-8)10(14)11(3,4)7-12/h8-9H,5-7H2,1-4H3. The topological polar surface area (TPSA) is 20.3 Å². The summed E-state index contributed by atoms with van der Waals surface area (Å²) < 4.78 is 0. The second-order valence-corrected chi connectivity index (χ2v) is 7.13. The summed E-state index contributed by atoms with van der Waals surface area (Å²) in [5.41, 5.74) is -0.428. The number of carbonyl (C=O) groups is 1. The van der Waals surface area contributed by atoms with Gasteiger partial charge >= 0.3 is 0 Å². The van der Waals surface area contributed by atoms with E-state index in [0.29, 0.717) is 16.4 Å². The van der Waals surface area contributed by atoms with Gasteiger partial charge < -0.3 is 4.90 Å². The molecule has 0 aromatic heterocycles. The van der Waals surface area contributed by atoms with Crippen LogP contribution in [0.2, 0.25) is 0 Å². The second-order valence-electron chi connectivity index (χ2n) is 4.98. The van der Waals surface area contributed by atoms with Crippen molar-refractivity contribution in [2.75, 3.05) is 19.0 Å². The van der Waals surface area contributed by atoms with Crippen LogP contribution in [-0.4, -0.2) is 40.3 Å².